The van der Waals surface area contributed by atoms with Crippen LogP contribution >= 0.6 is 0 Å². The normalized spacial score (nSPS) is 24.6. The fraction of sp³-hybridized carbons (Fsp3) is 0.462. The van der Waals surface area contributed by atoms with Gasteiger partial charge in [0.15, 0.2) is 0 Å². The number of hydrogen-bond donors (Lipinski definition) is 2. The number of carbonyl (C=O) groups excluding carboxylic acids is 1. The smallest absolute Gasteiger partial charge is 0.244 e. The molecule has 3 N–H and O–H groups in total. The number of nitrogens with one attached hydrogen (secondary N) is 1. The summed E-state index contributed by atoms with van der Waals surface area (Å²) < 4.78 is 0. The summed E-state index contributed by atoms with van der Waals surface area (Å²) in [6.07, 6.45) is 0. The minimum absolute atomic E-state index is 0.0202. The van der Waals surface area contributed by atoms with Crippen molar-refractivity contribution in [1.82, 2.24) is 5.32 Å². The van der Waals surface area contributed by atoms with Crippen molar-refractivity contribution in [3.63, 3.8) is 0 Å². The van der Waals surface area contributed by atoms with E-state index in [1.807, 2.05) is 19.1 Å². The number of benzene rings is 1. The van der Waals surface area contributed by atoms with Crippen molar-refractivity contribution in [1.29, 1.82) is 0 Å². The molecule has 17 heavy (non-hydrogen) atoms. The van der Waals surface area contributed by atoms with Gasteiger partial charge < -0.3 is 16.0 Å². The average molecular weight is 233 g/mol. The maximum Gasteiger partial charge on any atom is 0.244 e. The van der Waals surface area contributed by atoms with Crippen molar-refractivity contribution in [3.05, 3.63) is 29.8 Å². The third-order valence-corrected chi connectivity index (χ3v) is 3.13. The molecule has 1 aromatic carbocycles. The van der Waals surface area contributed by atoms with Gasteiger partial charge in [-0.15, -0.1) is 0 Å². The highest BCUT2D eigenvalue weighted by molar-refractivity contribution is 5.87. The van der Waals surface area contributed by atoms with Crippen LogP contribution in [-0.2, 0) is 4.79 Å². The standard InChI is InChI=1S/C13H19N3O/c1-9-3-5-11(6-4-9)16-8-10(2)15-13(17)12(16)7-14/h3-6,10,12H,7-8,14H2,1-2H3,(H,15,17). The van der Waals surface area contributed by atoms with Crippen LogP contribution in [0.3, 0.4) is 0 Å². The van der Waals surface area contributed by atoms with Crippen LogP contribution in [0.4, 0.5) is 5.69 Å². The second-order valence-corrected chi connectivity index (χ2v) is 4.65. The number of carbonyl (C=O) groups is 1. The molecular weight excluding hydrogens is 214 g/mol. The fourth-order valence-electron chi connectivity index (χ4n) is 2.20. The molecule has 1 aromatic rings. The number of nitrogens with two attached hydrogens (primary N) is 1. The topological polar surface area (TPSA) is 58.4 Å². The molecule has 92 valence electrons. The number of aryl methyl sites for hydroxylation is 1. The van der Waals surface area contributed by atoms with Gasteiger partial charge in [-0.1, -0.05) is 17.7 Å². The highest BCUT2D eigenvalue weighted by atomic mass is 16.2. The van der Waals surface area contributed by atoms with E-state index in [9.17, 15) is 4.79 Å². The maximum atomic E-state index is 11.9. The molecule has 2 rings (SSSR count). The molecule has 0 spiro atoms. The Morgan fingerprint density at radius 1 is 1.41 bits per heavy atom. The highest BCUT2D eigenvalue weighted by Gasteiger charge is 2.31. The van der Waals surface area contributed by atoms with Crippen molar-refractivity contribution < 1.29 is 4.79 Å². The van der Waals surface area contributed by atoms with Crippen LogP contribution in [0.25, 0.3) is 0 Å². The van der Waals surface area contributed by atoms with E-state index in [2.05, 4.69) is 29.3 Å². The van der Waals surface area contributed by atoms with Crippen molar-refractivity contribution in [2.45, 2.75) is 25.9 Å². The molecule has 0 aromatic heterocycles. The summed E-state index contributed by atoms with van der Waals surface area (Å²) in [7, 11) is 0. The Hall–Kier alpha value is -1.55. The second kappa shape index (κ2) is 4.75. The lowest BCUT2D eigenvalue weighted by atomic mass is 10.1. The first-order valence-electron chi connectivity index (χ1n) is 5.95. The van der Waals surface area contributed by atoms with Gasteiger partial charge in [0.1, 0.15) is 6.04 Å². The number of hydrogen-bond acceptors (Lipinski definition) is 3. The average Bonchev–Trinajstić information content (AvgIpc) is 2.29. The van der Waals surface area contributed by atoms with Crippen molar-refractivity contribution in [2.75, 3.05) is 18.0 Å². The lowest BCUT2D eigenvalue weighted by Crippen LogP contribution is -2.61. The van der Waals surface area contributed by atoms with Gasteiger partial charge in [-0.05, 0) is 26.0 Å². The van der Waals surface area contributed by atoms with Gasteiger partial charge in [0.25, 0.3) is 0 Å². The summed E-state index contributed by atoms with van der Waals surface area (Å²) in [5, 5.41) is 2.93. The summed E-state index contributed by atoms with van der Waals surface area (Å²) in [5.74, 6) is 0.0202. The number of piperazine rings is 1. The molecule has 0 aliphatic carbocycles. The number of nitrogens with zero attached hydrogens (tertiary/aromatic N) is 1. The summed E-state index contributed by atoms with van der Waals surface area (Å²) in [5.41, 5.74) is 7.97. The van der Waals surface area contributed by atoms with Crippen LogP contribution in [0.5, 0.6) is 0 Å². The third kappa shape index (κ3) is 2.42. The SMILES string of the molecule is Cc1ccc(N2CC(C)NC(=O)C2CN)cc1. The first-order chi connectivity index (χ1) is 8.11. The quantitative estimate of drug-likeness (QED) is 0.788. The Morgan fingerprint density at radius 2 is 2.06 bits per heavy atom. The molecule has 4 nitrogen and oxygen atoms in total. The molecule has 1 aliphatic heterocycles. The van der Waals surface area contributed by atoms with E-state index in [0.29, 0.717) is 6.54 Å². The molecule has 2 unspecified atom stereocenters. The van der Waals surface area contributed by atoms with Crippen molar-refractivity contribution in [3.8, 4) is 0 Å². The molecule has 1 aliphatic rings. The van der Waals surface area contributed by atoms with Gasteiger partial charge in [-0.25, -0.2) is 0 Å². The van der Waals surface area contributed by atoms with Crippen LogP contribution < -0.4 is 16.0 Å². The lowest BCUT2D eigenvalue weighted by molar-refractivity contribution is -0.123. The minimum atomic E-state index is -0.256. The minimum Gasteiger partial charge on any atom is -0.356 e. The predicted octanol–water partition coefficient (Wildman–Crippen LogP) is 0.647. The summed E-state index contributed by atoms with van der Waals surface area (Å²) in [6, 6.07) is 8.10. The Bertz CT molecular complexity index is 402. The monoisotopic (exact) mass is 233 g/mol. The summed E-state index contributed by atoms with van der Waals surface area (Å²) in [4.78, 5) is 13.9. The zero-order valence-electron chi connectivity index (χ0n) is 10.3. The molecule has 1 amide bonds. The molecular formula is C13H19N3O. The van der Waals surface area contributed by atoms with Crippen molar-refractivity contribution in [2.24, 2.45) is 5.73 Å². The molecule has 1 heterocycles. The lowest BCUT2D eigenvalue weighted by Gasteiger charge is -2.39. The summed E-state index contributed by atoms with van der Waals surface area (Å²) in [6.45, 7) is 5.20. The van der Waals surface area contributed by atoms with Gasteiger partial charge in [-0.3, -0.25) is 4.79 Å². The maximum absolute atomic E-state index is 11.9. The predicted molar refractivity (Wildman–Crippen MR) is 69.0 cm³/mol. The fourth-order valence-corrected chi connectivity index (χ4v) is 2.20. The van der Waals surface area contributed by atoms with Gasteiger partial charge in [-0.2, -0.15) is 0 Å². The van der Waals surface area contributed by atoms with E-state index in [0.717, 1.165) is 12.2 Å². The van der Waals surface area contributed by atoms with Crippen LogP contribution in [0.2, 0.25) is 0 Å². The largest absolute Gasteiger partial charge is 0.356 e. The van der Waals surface area contributed by atoms with Gasteiger partial charge in [0.2, 0.25) is 5.91 Å². The molecule has 1 saturated heterocycles. The van der Waals surface area contributed by atoms with Crippen LogP contribution in [0.1, 0.15) is 12.5 Å². The molecule has 0 saturated carbocycles. The molecule has 0 radical (unpaired) electrons. The Labute approximate surface area is 102 Å². The van der Waals surface area contributed by atoms with Crippen molar-refractivity contribution >= 4 is 11.6 Å². The summed E-state index contributed by atoms with van der Waals surface area (Å²) >= 11 is 0. The van der Waals surface area contributed by atoms with Gasteiger partial charge in [0.05, 0.1) is 0 Å². The molecule has 0 bridgehead atoms. The van der Waals surface area contributed by atoms with Gasteiger partial charge in [0, 0.05) is 24.8 Å². The number of rotatable bonds is 2. The Balaban J connectivity index is 2.27. The Kier molecular flexibility index (Phi) is 3.33. The van der Waals surface area contributed by atoms with Gasteiger partial charge >= 0.3 is 0 Å². The van der Waals surface area contributed by atoms with E-state index in [4.69, 9.17) is 5.73 Å². The van der Waals surface area contributed by atoms with E-state index in [1.165, 1.54) is 5.56 Å². The molecule has 2 atom stereocenters. The van der Waals surface area contributed by atoms with E-state index >= 15 is 0 Å². The zero-order chi connectivity index (χ0) is 12.4. The first-order valence-corrected chi connectivity index (χ1v) is 5.95. The van der Waals surface area contributed by atoms with E-state index in [-0.39, 0.29) is 18.0 Å². The third-order valence-electron chi connectivity index (χ3n) is 3.13. The molecule has 1 fully saturated rings. The molecule has 4 heteroatoms. The zero-order valence-corrected chi connectivity index (χ0v) is 10.3. The first kappa shape index (κ1) is 11.9. The van der Waals surface area contributed by atoms with Crippen LogP contribution in [0.15, 0.2) is 24.3 Å². The Morgan fingerprint density at radius 3 is 2.65 bits per heavy atom. The number of anilines is 1. The van der Waals surface area contributed by atoms with E-state index in [1.54, 1.807) is 0 Å². The second-order valence-electron chi connectivity index (χ2n) is 4.65. The highest BCUT2D eigenvalue weighted by Crippen LogP contribution is 2.20. The van der Waals surface area contributed by atoms with Crippen LogP contribution in [-0.4, -0.2) is 31.1 Å². The van der Waals surface area contributed by atoms with Crippen LogP contribution in [0, 0.1) is 6.92 Å². The number of amides is 1. The van der Waals surface area contributed by atoms with E-state index < -0.39 is 0 Å².